The number of carboxylic acids is 1. The van der Waals surface area contributed by atoms with Gasteiger partial charge in [-0.15, -0.1) is 11.3 Å². The Morgan fingerprint density at radius 2 is 2.28 bits per heavy atom. The minimum Gasteiger partial charge on any atom is -0.476 e. The lowest BCUT2D eigenvalue weighted by Gasteiger charge is -2.27. The molecule has 0 fully saturated rings. The van der Waals surface area contributed by atoms with Crippen molar-refractivity contribution >= 4 is 23.1 Å². The molecule has 1 aliphatic heterocycles. The highest BCUT2D eigenvalue weighted by Crippen LogP contribution is 2.26. The monoisotopic (exact) mass is 261 g/mol. The van der Waals surface area contributed by atoms with Gasteiger partial charge in [0.05, 0.1) is 18.9 Å². The lowest BCUT2D eigenvalue weighted by Crippen LogP contribution is -2.30. The van der Waals surface area contributed by atoms with Gasteiger partial charge in [-0.25, -0.2) is 14.8 Å². The molecule has 0 saturated carbocycles. The Kier molecular flexibility index (Phi) is 2.71. The van der Waals surface area contributed by atoms with Crippen LogP contribution >= 0.6 is 11.3 Å². The summed E-state index contributed by atoms with van der Waals surface area (Å²) in [6.45, 7) is 1.72. The quantitative estimate of drug-likeness (QED) is 0.893. The Morgan fingerprint density at radius 1 is 1.39 bits per heavy atom. The molecule has 3 rings (SSSR count). The minimum absolute atomic E-state index is 0.0208. The number of fused-ring (bicyclic) bond motifs is 1. The molecule has 0 saturated heterocycles. The van der Waals surface area contributed by atoms with Gasteiger partial charge in [-0.2, -0.15) is 0 Å². The van der Waals surface area contributed by atoms with Crippen LogP contribution in [0.4, 0.5) is 5.82 Å². The van der Waals surface area contributed by atoms with Crippen LogP contribution in [0.3, 0.4) is 0 Å². The van der Waals surface area contributed by atoms with Crippen molar-refractivity contribution in [2.24, 2.45) is 0 Å². The average molecular weight is 261 g/mol. The second-order valence-corrected chi connectivity index (χ2v) is 5.11. The number of hydrogen-bond acceptors (Lipinski definition) is 5. The van der Waals surface area contributed by atoms with Gasteiger partial charge in [-0.05, 0) is 23.4 Å². The molecule has 0 aromatic carbocycles. The summed E-state index contributed by atoms with van der Waals surface area (Å²) in [5, 5.41) is 10.9. The fourth-order valence-electron chi connectivity index (χ4n) is 2.03. The van der Waals surface area contributed by atoms with E-state index in [1.807, 2.05) is 0 Å². The molecule has 5 nitrogen and oxygen atoms in total. The lowest BCUT2D eigenvalue weighted by molar-refractivity contribution is 0.0690. The number of thiophene rings is 1. The van der Waals surface area contributed by atoms with Crippen molar-refractivity contribution in [2.75, 3.05) is 11.4 Å². The van der Waals surface area contributed by atoms with E-state index in [0.29, 0.717) is 0 Å². The predicted octanol–water partition coefficient (Wildman–Crippen LogP) is 1.80. The maximum Gasteiger partial charge on any atom is 0.356 e. The van der Waals surface area contributed by atoms with Crippen molar-refractivity contribution in [1.29, 1.82) is 0 Å². The van der Waals surface area contributed by atoms with Crippen molar-refractivity contribution in [2.45, 2.75) is 13.0 Å². The number of carbonyl (C=O) groups is 1. The molecule has 0 spiro atoms. The fraction of sp³-hybridized carbons (Fsp3) is 0.250. The maximum atomic E-state index is 10.7. The molecule has 6 heteroatoms. The predicted molar refractivity (Wildman–Crippen MR) is 68.1 cm³/mol. The molecule has 3 heterocycles. The van der Waals surface area contributed by atoms with Crippen molar-refractivity contribution < 1.29 is 9.90 Å². The zero-order chi connectivity index (χ0) is 12.5. The van der Waals surface area contributed by atoms with Gasteiger partial charge in [0, 0.05) is 11.4 Å². The Bertz CT molecular complexity index is 579. The SMILES string of the molecule is O=C(O)c1cnc(N2CCc3ccsc3C2)cn1. The summed E-state index contributed by atoms with van der Waals surface area (Å²) in [7, 11) is 0. The van der Waals surface area contributed by atoms with Gasteiger partial charge in [0.25, 0.3) is 0 Å². The van der Waals surface area contributed by atoms with E-state index < -0.39 is 5.97 Å². The molecule has 0 aliphatic carbocycles. The number of aromatic carboxylic acids is 1. The molecule has 92 valence electrons. The summed E-state index contributed by atoms with van der Waals surface area (Å²) >= 11 is 1.75. The fourth-order valence-corrected chi connectivity index (χ4v) is 2.98. The highest BCUT2D eigenvalue weighted by molar-refractivity contribution is 7.10. The molecule has 0 amide bonds. The standard InChI is InChI=1S/C12H11N3O2S/c16-12(17)9-5-14-11(6-13-9)15-3-1-8-2-4-18-10(8)7-15/h2,4-6H,1,3,7H2,(H,16,17). The molecule has 2 aromatic heterocycles. The molecule has 0 unspecified atom stereocenters. The Balaban J connectivity index is 1.82. The smallest absolute Gasteiger partial charge is 0.356 e. The highest BCUT2D eigenvalue weighted by Gasteiger charge is 2.18. The van der Waals surface area contributed by atoms with E-state index in [0.717, 1.165) is 25.3 Å². The van der Waals surface area contributed by atoms with Crippen LogP contribution in [0.2, 0.25) is 0 Å². The lowest BCUT2D eigenvalue weighted by atomic mass is 10.1. The summed E-state index contributed by atoms with van der Waals surface area (Å²) in [5.41, 5.74) is 1.39. The molecule has 0 atom stereocenters. The largest absolute Gasteiger partial charge is 0.476 e. The Morgan fingerprint density at radius 3 is 3.00 bits per heavy atom. The molecule has 18 heavy (non-hydrogen) atoms. The van der Waals surface area contributed by atoms with Crippen LogP contribution in [0.25, 0.3) is 0 Å². The van der Waals surface area contributed by atoms with Crippen molar-refractivity contribution in [3.8, 4) is 0 Å². The van der Waals surface area contributed by atoms with Crippen molar-refractivity contribution in [1.82, 2.24) is 9.97 Å². The molecular weight excluding hydrogens is 250 g/mol. The number of nitrogens with zero attached hydrogens (tertiary/aromatic N) is 3. The third-order valence-electron chi connectivity index (χ3n) is 3.00. The zero-order valence-corrected chi connectivity index (χ0v) is 10.4. The van der Waals surface area contributed by atoms with Gasteiger partial charge in [-0.3, -0.25) is 0 Å². The van der Waals surface area contributed by atoms with E-state index in [2.05, 4.69) is 26.3 Å². The summed E-state index contributed by atoms with van der Waals surface area (Å²) in [4.78, 5) is 22.2. The van der Waals surface area contributed by atoms with Crippen LogP contribution < -0.4 is 4.90 Å². The van der Waals surface area contributed by atoms with Gasteiger partial charge in [0.2, 0.25) is 0 Å². The molecule has 1 N–H and O–H groups in total. The molecule has 0 radical (unpaired) electrons. The number of hydrogen-bond donors (Lipinski definition) is 1. The van der Waals surface area contributed by atoms with Crippen LogP contribution in [0.1, 0.15) is 20.9 Å². The number of anilines is 1. The second kappa shape index (κ2) is 4.38. The summed E-state index contributed by atoms with van der Waals surface area (Å²) in [6, 6.07) is 2.16. The highest BCUT2D eigenvalue weighted by atomic mass is 32.1. The minimum atomic E-state index is -1.05. The number of aromatic nitrogens is 2. The summed E-state index contributed by atoms with van der Waals surface area (Å²) < 4.78 is 0. The van der Waals surface area contributed by atoms with E-state index in [1.165, 1.54) is 22.8 Å². The van der Waals surface area contributed by atoms with E-state index >= 15 is 0 Å². The van der Waals surface area contributed by atoms with Gasteiger partial charge in [-0.1, -0.05) is 0 Å². The van der Waals surface area contributed by atoms with Gasteiger partial charge in [0.1, 0.15) is 5.82 Å². The summed E-state index contributed by atoms with van der Waals surface area (Å²) in [5.74, 6) is -0.313. The topological polar surface area (TPSA) is 66.3 Å². The van der Waals surface area contributed by atoms with Crippen LogP contribution in [-0.2, 0) is 13.0 Å². The third-order valence-corrected chi connectivity index (χ3v) is 3.95. The van der Waals surface area contributed by atoms with E-state index in [4.69, 9.17) is 5.11 Å². The first kappa shape index (κ1) is 11.2. The van der Waals surface area contributed by atoms with E-state index in [-0.39, 0.29) is 5.69 Å². The van der Waals surface area contributed by atoms with Crippen LogP contribution in [0.15, 0.2) is 23.8 Å². The molecule has 1 aliphatic rings. The van der Waals surface area contributed by atoms with Crippen molar-refractivity contribution in [3.05, 3.63) is 40.0 Å². The first-order valence-corrected chi connectivity index (χ1v) is 6.47. The Labute approximate surface area is 108 Å². The second-order valence-electron chi connectivity index (χ2n) is 4.11. The van der Waals surface area contributed by atoms with Gasteiger partial charge >= 0.3 is 5.97 Å². The van der Waals surface area contributed by atoms with Gasteiger partial charge in [0.15, 0.2) is 5.69 Å². The number of rotatable bonds is 2. The van der Waals surface area contributed by atoms with E-state index in [1.54, 1.807) is 11.3 Å². The normalized spacial score (nSPS) is 14.3. The third kappa shape index (κ3) is 1.95. The van der Waals surface area contributed by atoms with Crippen LogP contribution in [-0.4, -0.2) is 27.6 Å². The first-order chi connectivity index (χ1) is 8.74. The zero-order valence-electron chi connectivity index (χ0n) is 9.54. The van der Waals surface area contributed by atoms with Crippen LogP contribution in [0.5, 0.6) is 0 Å². The van der Waals surface area contributed by atoms with Crippen molar-refractivity contribution in [3.63, 3.8) is 0 Å². The van der Waals surface area contributed by atoms with Crippen LogP contribution in [0, 0.1) is 0 Å². The Hall–Kier alpha value is -1.95. The summed E-state index contributed by atoms with van der Waals surface area (Å²) in [6.07, 6.45) is 3.84. The average Bonchev–Trinajstić information content (AvgIpc) is 2.86. The van der Waals surface area contributed by atoms with Gasteiger partial charge < -0.3 is 10.0 Å². The van der Waals surface area contributed by atoms with E-state index in [9.17, 15) is 4.79 Å². The molecule has 0 bridgehead atoms. The molecule has 2 aromatic rings. The molecular formula is C12H11N3O2S. The first-order valence-electron chi connectivity index (χ1n) is 5.59. The number of carboxylic acid groups (broad SMARTS) is 1. The maximum absolute atomic E-state index is 10.7.